The maximum atomic E-state index is 12.3. The SMILES string of the molecule is CNCCCC(=O)[C@H](CC(C)=O)N(C)C(=O)CCCCCS. The van der Waals surface area contributed by atoms with Gasteiger partial charge in [0.25, 0.3) is 0 Å². The van der Waals surface area contributed by atoms with E-state index in [2.05, 4.69) is 17.9 Å². The highest BCUT2D eigenvalue weighted by Gasteiger charge is 2.27. The predicted molar refractivity (Wildman–Crippen MR) is 92.3 cm³/mol. The average Bonchev–Trinajstić information content (AvgIpc) is 2.48. The van der Waals surface area contributed by atoms with E-state index in [-0.39, 0.29) is 23.9 Å². The Hall–Kier alpha value is -0.880. The Morgan fingerprint density at radius 1 is 1.09 bits per heavy atom. The van der Waals surface area contributed by atoms with Crippen LogP contribution < -0.4 is 5.32 Å². The summed E-state index contributed by atoms with van der Waals surface area (Å²) in [4.78, 5) is 37.4. The Morgan fingerprint density at radius 3 is 2.32 bits per heavy atom. The normalized spacial score (nSPS) is 12.0. The van der Waals surface area contributed by atoms with Gasteiger partial charge in [-0.05, 0) is 45.5 Å². The molecule has 1 amide bonds. The number of nitrogens with zero attached hydrogens (tertiary/aromatic N) is 1. The Balaban J connectivity index is 4.54. The third-order valence-corrected chi connectivity index (χ3v) is 3.93. The number of unbranched alkanes of at least 4 members (excludes halogenated alkanes) is 2. The van der Waals surface area contributed by atoms with Crippen molar-refractivity contribution >= 4 is 30.1 Å². The number of ketones is 2. The molecule has 0 fully saturated rings. The summed E-state index contributed by atoms with van der Waals surface area (Å²) < 4.78 is 0. The summed E-state index contributed by atoms with van der Waals surface area (Å²) in [5.41, 5.74) is 0. The fourth-order valence-electron chi connectivity index (χ4n) is 2.26. The van der Waals surface area contributed by atoms with Crippen LogP contribution in [0, 0.1) is 0 Å². The lowest BCUT2D eigenvalue weighted by Gasteiger charge is -2.26. The van der Waals surface area contributed by atoms with E-state index in [1.165, 1.54) is 11.8 Å². The van der Waals surface area contributed by atoms with Gasteiger partial charge in [0.05, 0.1) is 6.04 Å². The van der Waals surface area contributed by atoms with Crippen LogP contribution >= 0.6 is 12.6 Å². The summed E-state index contributed by atoms with van der Waals surface area (Å²) in [7, 11) is 3.46. The van der Waals surface area contributed by atoms with E-state index in [9.17, 15) is 14.4 Å². The molecule has 1 atom stereocenters. The topological polar surface area (TPSA) is 66.5 Å². The molecule has 128 valence electrons. The molecule has 0 unspecified atom stereocenters. The number of carbonyl (C=O) groups is 3. The molecule has 0 radical (unpaired) electrons. The lowest BCUT2D eigenvalue weighted by molar-refractivity contribution is -0.139. The minimum absolute atomic E-state index is 0.0309. The number of nitrogens with one attached hydrogen (secondary N) is 1. The number of amides is 1. The lowest BCUT2D eigenvalue weighted by Crippen LogP contribution is -2.43. The monoisotopic (exact) mass is 330 g/mol. The average molecular weight is 330 g/mol. The van der Waals surface area contributed by atoms with Crippen molar-refractivity contribution in [3.63, 3.8) is 0 Å². The van der Waals surface area contributed by atoms with Crippen molar-refractivity contribution in [3.8, 4) is 0 Å². The van der Waals surface area contributed by atoms with E-state index in [0.29, 0.717) is 19.3 Å². The van der Waals surface area contributed by atoms with Gasteiger partial charge in [0.15, 0.2) is 5.78 Å². The molecule has 0 aromatic heterocycles. The second-order valence-electron chi connectivity index (χ2n) is 5.63. The largest absolute Gasteiger partial charge is 0.335 e. The second-order valence-corrected chi connectivity index (χ2v) is 6.08. The number of likely N-dealkylation sites (N-methyl/N-ethyl adjacent to an activating group) is 1. The summed E-state index contributed by atoms with van der Waals surface area (Å²) >= 11 is 4.14. The molecule has 0 bridgehead atoms. The first-order valence-corrected chi connectivity index (χ1v) is 8.60. The smallest absolute Gasteiger partial charge is 0.222 e. The van der Waals surface area contributed by atoms with E-state index in [4.69, 9.17) is 0 Å². The molecule has 0 saturated carbocycles. The quantitative estimate of drug-likeness (QED) is 0.399. The third kappa shape index (κ3) is 9.20. The minimum Gasteiger partial charge on any atom is -0.335 e. The van der Waals surface area contributed by atoms with Crippen molar-refractivity contribution in [1.29, 1.82) is 0 Å². The van der Waals surface area contributed by atoms with E-state index in [0.717, 1.165) is 31.6 Å². The van der Waals surface area contributed by atoms with Crippen molar-refractivity contribution in [1.82, 2.24) is 10.2 Å². The van der Waals surface area contributed by atoms with Crippen molar-refractivity contribution in [2.75, 3.05) is 26.4 Å². The molecule has 0 aliphatic carbocycles. The van der Waals surface area contributed by atoms with E-state index in [1.807, 2.05) is 7.05 Å². The third-order valence-electron chi connectivity index (χ3n) is 3.61. The van der Waals surface area contributed by atoms with Gasteiger partial charge in [0.2, 0.25) is 5.91 Å². The maximum absolute atomic E-state index is 12.3. The number of hydrogen-bond acceptors (Lipinski definition) is 5. The van der Waals surface area contributed by atoms with Gasteiger partial charge in [-0.2, -0.15) is 12.6 Å². The Labute approximate surface area is 139 Å². The standard InChI is InChI=1S/C16H30N2O3S/c1-13(19)12-14(15(20)8-7-10-17-2)18(3)16(21)9-5-4-6-11-22/h14,17,22H,4-12H2,1-3H3/t14-/m0/s1. The van der Waals surface area contributed by atoms with E-state index in [1.54, 1.807) is 7.05 Å². The molecule has 0 saturated heterocycles. The van der Waals surface area contributed by atoms with Crippen molar-refractivity contribution in [2.24, 2.45) is 0 Å². The number of thiol groups is 1. The fourth-order valence-corrected chi connectivity index (χ4v) is 2.48. The van der Waals surface area contributed by atoms with Crippen LogP contribution in [0.1, 0.15) is 51.9 Å². The van der Waals surface area contributed by atoms with Crippen LogP contribution in [-0.2, 0) is 14.4 Å². The van der Waals surface area contributed by atoms with E-state index < -0.39 is 6.04 Å². The number of rotatable bonds is 13. The molecule has 5 nitrogen and oxygen atoms in total. The molecule has 0 heterocycles. The van der Waals surface area contributed by atoms with Gasteiger partial charge < -0.3 is 10.2 Å². The van der Waals surface area contributed by atoms with Gasteiger partial charge in [-0.25, -0.2) is 0 Å². The zero-order valence-electron chi connectivity index (χ0n) is 14.1. The predicted octanol–water partition coefficient (Wildman–Crippen LogP) is 1.85. The zero-order valence-corrected chi connectivity index (χ0v) is 15.0. The summed E-state index contributed by atoms with van der Waals surface area (Å²) in [6, 6.07) is -0.619. The Kier molecular flexibility index (Phi) is 12.1. The Morgan fingerprint density at radius 2 is 1.77 bits per heavy atom. The lowest BCUT2D eigenvalue weighted by atomic mass is 10.0. The first-order valence-electron chi connectivity index (χ1n) is 7.97. The molecule has 0 aliphatic heterocycles. The highest BCUT2D eigenvalue weighted by molar-refractivity contribution is 7.80. The highest BCUT2D eigenvalue weighted by atomic mass is 32.1. The number of carbonyl (C=O) groups excluding carboxylic acids is 3. The summed E-state index contributed by atoms with van der Waals surface area (Å²) in [6.07, 6.45) is 4.37. The van der Waals surface area contributed by atoms with Crippen LogP contribution in [0.2, 0.25) is 0 Å². The maximum Gasteiger partial charge on any atom is 0.222 e. The van der Waals surface area contributed by atoms with Crippen LogP contribution in [0.3, 0.4) is 0 Å². The van der Waals surface area contributed by atoms with Crippen LogP contribution in [0.4, 0.5) is 0 Å². The first kappa shape index (κ1) is 21.1. The summed E-state index contributed by atoms with van der Waals surface area (Å²) in [5, 5.41) is 2.99. The van der Waals surface area contributed by atoms with Gasteiger partial charge in [-0.3, -0.25) is 14.4 Å². The molecule has 6 heteroatoms. The Bertz CT molecular complexity index is 361. The fraction of sp³-hybridized carbons (Fsp3) is 0.812. The van der Waals surface area contributed by atoms with Gasteiger partial charge in [-0.15, -0.1) is 0 Å². The summed E-state index contributed by atoms with van der Waals surface area (Å²) in [5.74, 6) is 0.659. The molecule has 0 aromatic carbocycles. The molecule has 0 spiro atoms. The molecule has 22 heavy (non-hydrogen) atoms. The molecule has 0 rings (SSSR count). The molecular weight excluding hydrogens is 300 g/mol. The van der Waals surface area contributed by atoms with Gasteiger partial charge in [-0.1, -0.05) is 6.42 Å². The van der Waals surface area contributed by atoms with Crippen LogP contribution in [0.15, 0.2) is 0 Å². The van der Waals surface area contributed by atoms with E-state index >= 15 is 0 Å². The second kappa shape index (κ2) is 12.6. The molecule has 0 aromatic rings. The zero-order chi connectivity index (χ0) is 17.0. The van der Waals surface area contributed by atoms with Gasteiger partial charge in [0, 0.05) is 26.3 Å². The summed E-state index contributed by atoms with van der Waals surface area (Å²) in [6.45, 7) is 2.21. The first-order chi connectivity index (χ1) is 10.4. The number of hydrogen-bond donors (Lipinski definition) is 2. The van der Waals surface area contributed by atoms with Crippen molar-refractivity contribution in [3.05, 3.63) is 0 Å². The molecule has 0 aliphatic rings. The minimum atomic E-state index is -0.619. The van der Waals surface area contributed by atoms with Gasteiger partial charge >= 0.3 is 0 Å². The van der Waals surface area contributed by atoms with Crippen molar-refractivity contribution < 1.29 is 14.4 Å². The van der Waals surface area contributed by atoms with Crippen molar-refractivity contribution in [2.45, 2.75) is 57.9 Å². The van der Waals surface area contributed by atoms with Gasteiger partial charge in [0.1, 0.15) is 5.78 Å². The number of Topliss-reactive ketones (excluding diaryl/α,β-unsaturated/α-hetero) is 2. The van der Waals surface area contributed by atoms with Crippen LogP contribution in [0.5, 0.6) is 0 Å². The molecule has 1 N–H and O–H groups in total. The van der Waals surface area contributed by atoms with Crippen LogP contribution in [-0.4, -0.2) is 54.8 Å². The molecular formula is C16H30N2O3S. The highest BCUT2D eigenvalue weighted by Crippen LogP contribution is 2.12. The van der Waals surface area contributed by atoms with Crippen LogP contribution in [0.25, 0.3) is 0 Å².